The lowest BCUT2D eigenvalue weighted by Crippen LogP contribution is -2.32. The van der Waals surface area contributed by atoms with Crippen molar-refractivity contribution >= 4 is 10.0 Å². The van der Waals surface area contributed by atoms with Crippen molar-refractivity contribution in [2.45, 2.75) is 36.6 Å². The maximum absolute atomic E-state index is 12.2. The van der Waals surface area contributed by atoms with Gasteiger partial charge in [0.25, 0.3) is 0 Å². The third-order valence-corrected chi connectivity index (χ3v) is 4.97. The van der Waals surface area contributed by atoms with Crippen molar-refractivity contribution in [1.29, 1.82) is 0 Å². The van der Waals surface area contributed by atoms with Crippen LogP contribution in [-0.2, 0) is 10.0 Å². The van der Waals surface area contributed by atoms with E-state index in [-0.39, 0.29) is 6.04 Å². The van der Waals surface area contributed by atoms with E-state index in [9.17, 15) is 8.42 Å². The number of hydrogen-bond acceptors (Lipinski definition) is 4. The lowest BCUT2D eigenvalue weighted by Gasteiger charge is -2.13. The van der Waals surface area contributed by atoms with Gasteiger partial charge in [-0.3, -0.25) is 0 Å². The maximum Gasteiger partial charge on any atom is 0.240 e. The van der Waals surface area contributed by atoms with E-state index >= 15 is 0 Å². The number of rotatable bonds is 7. The van der Waals surface area contributed by atoms with Gasteiger partial charge in [0.2, 0.25) is 10.0 Å². The largest absolute Gasteiger partial charge is 0.492 e. The average Bonchev–Trinajstić information content (AvgIpc) is 2.92. The normalized spacial score (nSPS) is 16.4. The molecule has 0 bridgehead atoms. The predicted octanol–water partition coefficient (Wildman–Crippen LogP) is 1.51. The zero-order chi connectivity index (χ0) is 14.4. The van der Waals surface area contributed by atoms with Crippen LogP contribution in [0.5, 0.6) is 5.75 Å². The summed E-state index contributed by atoms with van der Waals surface area (Å²) in [6, 6.07) is 6.65. The van der Waals surface area contributed by atoms with E-state index in [0.717, 1.165) is 32.2 Å². The van der Waals surface area contributed by atoms with Crippen LogP contribution in [0.2, 0.25) is 0 Å². The van der Waals surface area contributed by atoms with E-state index in [4.69, 9.17) is 4.74 Å². The van der Waals surface area contributed by atoms with E-state index in [0.29, 0.717) is 17.3 Å². The first kappa shape index (κ1) is 15.3. The smallest absolute Gasteiger partial charge is 0.240 e. The Morgan fingerprint density at radius 2 is 1.85 bits per heavy atom. The molecule has 1 aromatic rings. The van der Waals surface area contributed by atoms with Gasteiger partial charge < -0.3 is 10.1 Å². The molecule has 0 aliphatic heterocycles. The molecule has 112 valence electrons. The molecule has 1 saturated carbocycles. The molecular formula is C14H22N2O3S. The van der Waals surface area contributed by atoms with Crippen LogP contribution in [0.3, 0.4) is 0 Å². The molecule has 0 amide bonds. The number of likely N-dealkylation sites (N-methyl/N-ethyl adjacent to an activating group) is 1. The van der Waals surface area contributed by atoms with Crippen molar-refractivity contribution in [3.05, 3.63) is 24.3 Å². The summed E-state index contributed by atoms with van der Waals surface area (Å²) in [5, 5.41) is 2.98. The van der Waals surface area contributed by atoms with Gasteiger partial charge in [-0.1, -0.05) is 12.8 Å². The Morgan fingerprint density at radius 3 is 2.45 bits per heavy atom. The van der Waals surface area contributed by atoms with Crippen molar-refractivity contribution in [2.75, 3.05) is 20.2 Å². The lowest BCUT2D eigenvalue weighted by atomic mass is 10.3. The summed E-state index contributed by atoms with van der Waals surface area (Å²) in [4.78, 5) is 0.297. The van der Waals surface area contributed by atoms with Crippen molar-refractivity contribution in [3.63, 3.8) is 0 Å². The molecule has 6 heteroatoms. The molecule has 2 rings (SSSR count). The van der Waals surface area contributed by atoms with E-state index in [1.807, 2.05) is 7.05 Å². The highest BCUT2D eigenvalue weighted by molar-refractivity contribution is 7.89. The average molecular weight is 298 g/mol. The van der Waals surface area contributed by atoms with E-state index in [1.165, 1.54) is 0 Å². The SMILES string of the molecule is CNCCOc1ccc(S(=O)(=O)NC2CCCC2)cc1. The molecule has 0 radical (unpaired) electrons. The second kappa shape index (κ2) is 7.06. The van der Waals surface area contributed by atoms with E-state index in [1.54, 1.807) is 24.3 Å². The minimum Gasteiger partial charge on any atom is -0.492 e. The molecular weight excluding hydrogens is 276 g/mol. The van der Waals surface area contributed by atoms with Crippen LogP contribution >= 0.6 is 0 Å². The van der Waals surface area contributed by atoms with E-state index in [2.05, 4.69) is 10.0 Å². The second-order valence-electron chi connectivity index (χ2n) is 5.03. The minimum atomic E-state index is -3.40. The Hall–Kier alpha value is -1.11. The van der Waals surface area contributed by atoms with Crippen LogP contribution in [0.25, 0.3) is 0 Å². The van der Waals surface area contributed by atoms with Crippen LogP contribution in [0.1, 0.15) is 25.7 Å². The third kappa shape index (κ3) is 4.19. The highest BCUT2D eigenvalue weighted by Gasteiger charge is 2.22. The summed E-state index contributed by atoms with van der Waals surface area (Å²) in [6.45, 7) is 1.31. The molecule has 0 saturated heterocycles. The van der Waals surface area contributed by atoms with Crippen LogP contribution in [0.15, 0.2) is 29.2 Å². The van der Waals surface area contributed by atoms with Gasteiger partial charge in [0.15, 0.2) is 0 Å². The molecule has 2 N–H and O–H groups in total. The molecule has 1 aliphatic rings. The van der Waals surface area contributed by atoms with Gasteiger partial charge in [-0.05, 0) is 44.2 Å². The molecule has 0 spiro atoms. The molecule has 20 heavy (non-hydrogen) atoms. The Morgan fingerprint density at radius 1 is 1.20 bits per heavy atom. The third-order valence-electron chi connectivity index (χ3n) is 3.43. The summed E-state index contributed by atoms with van der Waals surface area (Å²) >= 11 is 0. The summed E-state index contributed by atoms with van der Waals surface area (Å²) < 4.78 is 32.6. The van der Waals surface area contributed by atoms with Gasteiger partial charge in [-0.25, -0.2) is 13.1 Å². The first-order chi connectivity index (χ1) is 9.62. The maximum atomic E-state index is 12.2. The first-order valence-corrected chi connectivity index (χ1v) is 8.50. The van der Waals surface area contributed by atoms with Crippen LogP contribution in [-0.4, -0.2) is 34.7 Å². The van der Waals surface area contributed by atoms with Gasteiger partial charge in [-0.2, -0.15) is 0 Å². The van der Waals surface area contributed by atoms with Crippen molar-refractivity contribution < 1.29 is 13.2 Å². The van der Waals surface area contributed by atoms with Gasteiger partial charge >= 0.3 is 0 Å². The predicted molar refractivity (Wildman–Crippen MR) is 78.4 cm³/mol. The van der Waals surface area contributed by atoms with Crippen LogP contribution in [0.4, 0.5) is 0 Å². The lowest BCUT2D eigenvalue weighted by molar-refractivity contribution is 0.318. The van der Waals surface area contributed by atoms with Gasteiger partial charge in [-0.15, -0.1) is 0 Å². The van der Waals surface area contributed by atoms with Gasteiger partial charge in [0, 0.05) is 12.6 Å². The zero-order valence-corrected chi connectivity index (χ0v) is 12.6. The Kier molecular flexibility index (Phi) is 5.39. The number of hydrogen-bond donors (Lipinski definition) is 2. The number of benzene rings is 1. The summed E-state index contributed by atoms with van der Waals surface area (Å²) in [7, 11) is -1.55. The highest BCUT2D eigenvalue weighted by atomic mass is 32.2. The monoisotopic (exact) mass is 298 g/mol. The topological polar surface area (TPSA) is 67.4 Å². The molecule has 0 heterocycles. The highest BCUT2D eigenvalue weighted by Crippen LogP contribution is 2.21. The quantitative estimate of drug-likeness (QED) is 0.749. The summed E-state index contributed by atoms with van der Waals surface area (Å²) in [5.41, 5.74) is 0. The molecule has 0 atom stereocenters. The fourth-order valence-electron chi connectivity index (χ4n) is 2.32. The van der Waals surface area contributed by atoms with Crippen molar-refractivity contribution in [1.82, 2.24) is 10.0 Å². The molecule has 5 nitrogen and oxygen atoms in total. The zero-order valence-electron chi connectivity index (χ0n) is 11.8. The van der Waals surface area contributed by atoms with Crippen molar-refractivity contribution in [2.24, 2.45) is 0 Å². The number of ether oxygens (including phenoxy) is 1. The van der Waals surface area contributed by atoms with Crippen LogP contribution in [0, 0.1) is 0 Å². The molecule has 1 fully saturated rings. The minimum absolute atomic E-state index is 0.0894. The molecule has 1 aromatic carbocycles. The standard InChI is InChI=1S/C14H22N2O3S/c1-15-10-11-19-13-6-8-14(9-7-13)20(17,18)16-12-4-2-3-5-12/h6-9,12,15-16H,2-5,10-11H2,1H3. The molecule has 0 unspecified atom stereocenters. The Bertz CT molecular complexity index is 508. The van der Waals surface area contributed by atoms with Crippen molar-refractivity contribution in [3.8, 4) is 5.75 Å². The summed E-state index contributed by atoms with van der Waals surface area (Å²) in [6.07, 6.45) is 4.08. The first-order valence-electron chi connectivity index (χ1n) is 7.01. The van der Waals surface area contributed by atoms with Gasteiger partial charge in [0.05, 0.1) is 4.90 Å². The summed E-state index contributed by atoms with van der Waals surface area (Å²) in [5.74, 6) is 0.681. The fraction of sp³-hybridized carbons (Fsp3) is 0.571. The fourth-order valence-corrected chi connectivity index (χ4v) is 3.62. The molecule has 1 aliphatic carbocycles. The Balaban J connectivity index is 1.97. The second-order valence-corrected chi connectivity index (χ2v) is 6.74. The molecule has 0 aromatic heterocycles. The van der Waals surface area contributed by atoms with Crippen LogP contribution < -0.4 is 14.8 Å². The van der Waals surface area contributed by atoms with E-state index < -0.39 is 10.0 Å². The van der Waals surface area contributed by atoms with Gasteiger partial charge in [0.1, 0.15) is 12.4 Å². The number of nitrogens with one attached hydrogen (secondary N) is 2. The Labute approximate surface area is 120 Å². The number of sulfonamides is 1.